The Kier molecular flexibility index (Phi) is 6.47. The summed E-state index contributed by atoms with van der Waals surface area (Å²) < 4.78 is 4.81. The van der Waals surface area contributed by atoms with E-state index in [-0.39, 0.29) is 11.7 Å². The molecule has 1 amide bonds. The molecule has 0 saturated heterocycles. The number of amidine groups is 1. The van der Waals surface area contributed by atoms with Crippen molar-refractivity contribution in [2.75, 3.05) is 13.7 Å². The zero-order chi connectivity index (χ0) is 11.0. The topological polar surface area (TPSA) is 96.9 Å². The van der Waals surface area contributed by atoms with Gasteiger partial charge < -0.3 is 21.0 Å². The summed E-state index contributed by atoms with van der Waals surface area (Å²) in [5, 5.41) is 13.7. The maximum Gasteiger partial charge on any atom is 0.248 e. The first-order valence-corrected chi connectivity index (χ1v) is 4.38. The van der Waals surface area contributed by atoms with Crippen LogP contribution < -0.4 is 11.1 Å². The van der Waals surface area contributed by atoms with Crippen LogP contribution in [0, 0.1) is 0 Å². The lowest BCUT2D eigenvalue weighted by molar-refractivity contribution is -0.130. The molecule has 0 saturated carbocycles. The number of amides is 1. The molecule has 0 fully saturated rings. The minimum absolute atomic E-state index is 0.160. The molecule has 0 rings (SSSR count). The smallest absolute Gasteiger partial charge is 0.248 e. The number of carbonyl (C=O) groups excluding carboxylic acids is 1. The highest BCUT2D eigenvalue weighted by Gasteiger charge is 2.09. The molecule has 0 aromatic rings. The summed E-state index contributed by atoms with van der Waals surface area (Å²) in [5.74, 6) is 0.00560. The Labute approximate surface area is 83.1 Å². The van der Waals surface area contributed by atoms with Gasteiger partial charge in [-0.2, -0.15) is 0 Å². The number of nitrogens with zero attached hydrogens (tertiary/aromatic N) is 1. The lowest BCUT2D eigenvalue weighted by atomic mass is 10.3. The summed E-state index contributed by atoms with van der Waals surface area (Å²) in [6.07, 6.45) is 0.648. The van der Waals surface area contributed by atoms with Crippen molar-refractivity contribution in [1.82, 2.24) is 5.32 Å². The minimum Gasteiger partial charge on any atom is -0.409 e. The van der Waals surface area contributed by atoms with E-state index in [4.69, 9.17) is 15.7 Å². The van der Waals surface area contributed by atoms with Crippen molar-refractivity contribution in [3.8, 4) is 0 Å². The van der Waals surface area contributed by atoms with Gasteiger partial charge in [-0.05, 0) is 13.3 Å². The first kappa shape index (κ1) is 12.7. The first-order chi connectivity index (χ1) is 6.61. The summed E-state index contributed by atoms with van der Waals surface area (Å²) in [4.78, 5) is 11.1. The van der Waals surface area contributed by atoms with E-state index in [2.05, 4.69) is 10.5 Å². The lowest BCUT2D eigenvalue weighted by Gasteiger charge is -2.09. The highest BCUT2D eigenvalue weighted by molar-refractivity contribution is 5.81. The zero-order valence-corrected chi connectivity index (χ0v) is 8.49. The number of hydrogen-bond donors (Lipinski definition) is 3. The zero-order valence-electron chi connectivity index (χ0n) is 8.49. The summed E-state index contributed by atoms with van der Waals surface area (Å²) in [6.45, 7) is 2.15. The van der Waals surface area contributed by atoms with Gasteiger partial charge in [-0.3, -0.25) is 4.79 Å². The fraction of sp³-hybridized carbons (Fsp3) is 0.750. The molecule has 4 N–H and O–H groups in total. The van der Waals surface area contributed by atoms with Crippen LogP contribution >= 0.6 is 0 Å². The number of carbonyl (C=O) groups is 1. The van der Waals surface area contributed by atoms with E-state index >= 15 is 0 Å². The van der Waals surface area contributed by atoms with Gasteiger partial charge in [-0.1, -0.05) is 5.16 Å². The van der Waals surface area contributed by atoms with Gasteiger partial charge in [0, 0.05) is 20.1 Å². The van der Waals surface area contributed by atoms with E-state index in [1.54, 1.807) is 6.92 Å². The van der Waals surface area contributed by atoms with Crippen molar-refractivity contribution in [2.24, 2.45) is 10.9 Å². The molecule has 14 heavy (non-hydrogen) atoms. The second-order valence-corrected chi connectivity index (χ2v) is 2.86. The molecule has 0 heterocycles. The van der Waals surface area contributed by atoms with Gasteiger partial charge in [0.2, 0.25) is 5.91 Å². The average molecular weight is 203 g/mol. The monoisotopic (exact) mass is 203 g/mol. The fourth-order valence-corrected chi connectivity index (χ4v) is 0.782. The van der Waals surface area contributed by atoms with Gasteiger partial charge in [0.15, 0.2) is 0 Å². The van der Waals surface area contributed by atoms with Crippen molar-refractivity contribution in [3.05, 3.63) is 0 Å². The molecule has 0 radical (unpaired) electrons. The second-order valence-electron chi connectivity index (χ2n) is 2.86. The SMILES string of the molecule is COC(C)C(=O)NCCCC(N)=NO. The van der Waals surface area contributed by atoms with E-state index in [0.29, 0.717) is 19.4 Å². The van der Waals surface area contributed by atoms with Gasteiger partial charge >= 0.3 is 0 Å². The molecule has 0 aliphatic heterocycles. The van der Waals surface area contributed by atoms with Gasteiger partial charge in [-0.25, -0.2) is 0 Å². The highest BCUT2D eigenvalue weighted by Crippen LogP contribution is 1.90. The molecule has 1 unspecified atom stereocenters. The third-order valence-corrected chi connectivity index (χ3v) is 1.76. The Morgan fingerprint density at radius 1 is 1.71 bits per heavy atom. The van der Waals surface area contributed by atoms with Crippen LogP contribution in [0.2, 0.25) is 0 Å². The molecule has 1 atom stereocenters. The molecule has 0 spiro atoms. The van der Waals surface area contributed by atoms with Crippen molar-refractivity contribution in [1.29, 1.82) is 0 Å². The number of nitrogens with two attached hydrogens (primary N) is 1. The van der Waals surface area contributed by atoms with Gasteiger partial charge in [0.25, 0.3) is 0 Å². The van der Waals surface area contributed by atoms with Crippen LogP contribution in [-0.4, -0.2) is 36.7 Å². The van der Waals surface area contributed by atoms with Crippen LogP contribution in [0.4, 0.5) is 0 Å². The van der Waals surface area contributed by atoms with E-state index in [9.17, 15) is 4.79 Å². The largest absolute Gasteiger partial charge is 0.409 e. The molecule has 82 valence electrons. The predicted molar refractivity (Wildman–Crippen MR) is 52.1 cm³/mol. The predicted octanol–water partition coefficient (Wildman–Crippen LogP) is -0.336. The Morgan fingerprint density at radius 2 is 2.36 bits per heavy atom. The van der Waals surface area contributed by atoms with Crippen LogP contribution in [0.15, 0.2) is 5.16 Å². The maximum atomic E-state index is 11.1. The van der Waals surface area contributed by atoms with Crippen LogP contribution in [0.3, 0.4) is 0 Å². The molecule has 0 bridgehead atoms. The number of methoxy groups -OCH3 is 1. The summed E-state index contributed by atoms with van der Waals surface area (Å²) in [5.41, 5.74) is 5.24. The van der Waals surface area contributed by atoms with Crippen molar-refractivity contribution in [3.63, 3.8) is 0 Å². The van der Waals surface area contributed by atoms with E-state index in [0.717, 1.165) is 0 Å². The Hall–Kier alpha value is -1.30. The van der Waals surface area contributed by atoms with Gasteiger partial charge in [-0.15, -0.1) is 0 Å². The summed E-state index contributed by atoms with van der Waals surface area (Å²) in [7, 11) is 1.47. The molecule has 0 aliphatic rings. The first-order valence-electron chi connectivity index (χ1n) is 4.38. The number of ether oxygens (including phenoxy) is 1. The molecular formula is C8H17N3O3. The number of oxime groups is 1. The van der Waals surface area contributed by atoms with Crippen LogP contribution in [0.5, 0.6) is 0 Å². The summed E-state index contributed by atoms with van der Waals surface area (Å²) in [6, 6.07) is 0. The maximum absolute atomic E-state index is 11.1. The van der Waals surface area contributed by atoms with Crippen molar-refractivity contribution >= 4 is 11.7 Å². The van der Waals surface area contributed by atoms with E-state index < -0.39 is 6.10 Å². The molecule has 6 heteroatoms. The lowest BCUT2D eigenvalue weighted by Crippen LogP contribution is -2.34. The third-order valence-electron chi connectivity index (χ3n) is 1.76. The minimum atomic E-state index is -0.446. The number of hydrogen-bond acceptors (Lipinski definition) is 4. The fourth-order valence-electron chi connectivity index (χ4n) is 0.782. The molecule has 0 aromatic heterocycles. The van der Waals surface area contributed by atoms with Gasteiger partial charge in [0.05, 0.1) is 0 Å². The van der Waals surface area contributed by atoms with Crippen molar-refractivity contribution < 1.29 is 14.7 Å². The molecule has 0 aliphatic carbocycles. The summed E-state index contributed by atoms with van der Waals surface area (Å²) >= 11 is 0. The van der Waals surface area contributed by atoms with E-state index in [1.807, 2.05) is 0 Å². The number of nitrogens with one attached hydrogen (secondary N) is 1. The molecular weight excluding hydrogens is 186 g/mol. The quantitative estimate of drug-likeness (QED) is 0.181. The standard InChI is InChI=1S/C8H17N3O3/c1-6(14-2)8(12)10-5-3-4-7(9)11-13/h6,13H,3-5H2,1-2H3,(H2,9,11)(H,10,12). The average Bonchev–Trinajstić information content (AvgIpc) is 2.22. The van der Waals surface area contributed by atoms with Crippen LogP contribution in [-0.2, 0) is 9.53 Å². The Morgan fingerprint density at radius 3 is 2.86 bits per heavy atom. The normalized spacial score (nSPS) is 13.7. The van der Waals surface area contributed by atoms with Crippen molar-refractivity contribution in [2.45, 2.75) is 25.9 Å². The number of rotatable bonds is 6. The third kappa shape index (κ3) is 5.36. The van der Waals surface area contributed by atoms with Gasteiger partial charge in [0.1, 0.15) is 11.9 Å². The Balaban J connectivity index is 3.50. The molecule has 6 nitrogen and oxygen atoms in total. The molecule has 0 aromatic carbocycles. The Bertz CT molecular complexity index is 206. The highest BCUT2D eigenvalue weighted by atomic mass is 16.5. The second kappa shape index (κ2) is 7.14. The van der Waals surface area contributed by atoms with Crippen LogP contribution in [0.1, 0.15) is 19.8 Å². The van der Waals surface area contributed by atoms with E-state index in [1.165, 1.54) is 7.11 Å². The van der Waals surface area contributed by atoms with Crippen LogP contribution in [0.25, 0.3) is 0 Å².